The van der Waals surface area contributed by atoms with Crippen molar-refractivity contribution < 1.29 is 13.3 Å². The standard InChI is InChI=1S/C19H23N5O5S/c1-5-23(6-2)15-12-17-16(21(3)19(25)22(17)4)11-13(15)20-30(28,29)18-10-8-7-9-14(18)24(26)27/h7-12,20H,5-6H2,1-4H3. The normalized spacial score (nSPS) is 11.6. The highest BCUT2D eigenvalue weighted by atomic mass is 32.2. The van der Waals surface area contributed by atoms with E-state index < -0.39 is 25.5 Å². The van der Waals surface area contributed by atoms with E-state index >= 15 is 0 Å². The first kappa shape index (κ1) is 21.4. The molecule has 0 aliphatic carbocycles. The number of benzene rings is 2. The van der Waals surface area contributed by atoms with E-state index in [0.29, 0.717) is 29.8 Å². The fourth-order valence-electron chi connectivity index (χ4n) is 3.48. The van der Waals surface area contributed by atoms with E-state index in [0.717, 1.165) is 6.07 Å². The molecule has 0 radical (unpaired) electrons. The van der Waals surface area contributed by atoms with E-state index in [4.69, 9.17) is 0 Å². The average Bonchev–Trinajstić information content (AvgIpc) is 2.92. The first-order valence-electron chi connectivity index (χ1n) is 9.33. The molecule has 0 bridgehead atoms. The number of hydrogen-bond acceptors (Lipinski definition) is 6. The van der Waals surface area contributed by atoms with Crippen molar-refractivity contribution in [2.24, 2.45) is 14.1 Å². The lowest BCUT2D eigenvalue weighted by atomic mass is 10.2. The van der Waals surface area contributed by atoms with Crippen molar-refractivity contribution in [2.45, 2.75) is 18.7 Å². The number of nitrogens with zero attached hydrogens (tertiary/aromatic N) is 4. The molecule has 1 heterocycles. The van der Waals surface area contributed by atoms with Crippen molar-refractivity contribution in [3.05, 3.63) is 57.0 Å². The summed E-state index contributed by atoms with van der Waals surface area (Å²) in [5, 5.41) is 11.3. The van der Waals surface area contributed by atoms with Crippen molar-refractivity contribution in [2.75, 3.05) is 22.7 Å². The number of nitro groups is 1. The monoisotopic (exact) mass is 433 g/mol. The lowest BCUT2D eigenvalue weighted by Gasteiger charge is -2.25. The lowest BCUT2D eigenvalue weighted by Crippen LogP contribution is -2.24. The third-order valence-electron chi connectivity index (χ3n) is 5.09. The van der Waals surface area contributed by atoms with E-state index in [2.05, 4.69) is 4.72 Å². The molecule has 30 heavy (non-hydrogen) atoms. The molecule has 1 N–H and O–H groups in total. The zero-order chi connectivity index (χ0) is 22.2. The molecule has 0 aliphatic rings. The van der Waals surface area contributed by atoms with Gasteiger partial charge >= 0.3 is 5.69 Å². The van der Waals surface area contributed by atoms with Gasteiger partial charge in [0.15, 0.2) is 4.90 Å². The third-order valence-corrected chi connectivity index (χ3v) is 6.50. The second kappa shape index (κ2) is 7.82. The molecule has 0 aliphatic heterocycles. The number of aryl methyl sites for hydroxylation is 2. The number of para-hydroxylation sites is 1. The second-order valence-corrected chi connectivity index (χ2v) is 8.41. The van der Waals surface area contributed by atoms with Crippen LogP contribution in [-0.4, -0.2) is 35.6 Å². The summed E-state index contributed by atoms with van der Waals surface area (Å²) >= 11 is 0. The van der Waals surface area contributed by atoms with Gasteiger partial charge in [0.2, 0.25) is 0 Å². The molecule has 0 unspecified atom stereocenters. The molecule has 11 heteroatoms. The van der Waals surface area contributed by atoms with E-state index in [1.165, 1.54) is 27.3 Å². The van der Waals surface area contributed by atoms with Crippen LogP contribution in [0.2, 0.25) is 0 Å². The summed E-state index contributed by atoms with van der Waals surface area (Å²) < 4.78 is 31.5. The summed E-state index contributed by atoms with van der Waals surface area (Å²) in [5.74, 6) is 0. The van der Waals surface area contributed by atoms with E-state index in [9.17, 15) is 23.3 Å². The van der Waals surface area contributed by atoms with Gasteiger partial charge in [-0.25, -0.2) is 13.2 Å². The zero-order valence-corrected chi connectivity index (χ0v) is 17.9. The topological polar surface area (TPSA) is 119 Å². The molecule has 1 aromatic heterocycles. The molecule has 0 amide bonds. The smallest absolute Gasteiger partial charge is 0.328 e. The van der Waals surface area contributed by atoms with Gasteiger partial charge in [-0.05, 0) is 32.0 Å². The van der Waals surface area contributed by atoms with Gasteiger partial charge in [0.1, 0.15) is 0 Å². The number of nitro benzene ring substituents is 1. The van der Waals surface area contributed by atoms with Crippen molar-refractivity contribution in [3.63, 3.8) is 0 Å². The molecular weight excluding hydrogens is 410 g/mol. The number of fused-ring (bicyclic) bond motifs is 1. The Morgan fingerprint density at radius 2 is 1.63 bits per heavy atom. The molecule has 3 aromatic rings. The largest absolute Gasteiger partial charge is 0.370 e. The maximum absolute atomic E-state index is 13.1. The fraction of sp³-hybridized carbons (Fsp3) is 0.316. The summed E-state index contributed by atoms with van der Waals surface area (Å²) in [6.45, 7) is 5.06. The van der Waals surface area contributed by atoms with Gasteiger partial charge in [-0.2, -0.15) is 0 Å². The van der Waals surface area contributed by atoms with Crippen LogP contribution in [0.15, 0.2) is 46.1 Å². The molecule has 0 saturated heterocycles. The highest BCUT2D eigenvalue weighted by molar-refractivity contribution is 7.92. The minimum Gasteiger partial charge on any atom is -0.370 e. The summed E-state index contributed by atoms with van der Waals surface area (Å²) in [4.78, 5) is 24.4. The number of aromatic nitrogens is 2. The maximum atomic E-state index is 13.1. The van der Waals surface area contributed by atoms with Crippen LogP contribution in [0, 0.1) is 10.1 Å². The van der Waals surface area contributed by atoms with E-state index in [-0.39, 0.29) is 11.4 Å². The van der Waals surface area contributed by atoms with Crippen molar-refractivity contribution in [3.8, 4) is 0 Å². The molecule has 3 rings (SSSR count). The van der Waals surface area contributed by atoms with Gasteiger partial charge in [0.25, 0.3) is 15.7 Å². The molecule has 10 nitrogen and oxygen atoms in total. The van der Waals surface area contributed by atoms with Crippen LogP contribution >= 0.6 is 0 Å². The van der Waals surface area contributed by atoms with Crippen molar-refractivity contribution in [1.29, 1.82) is 0 Å². The first-order valence-corrected chi connectivity index (χ1v) is 10.8. The van der Waals surface area contributed by atoms with E-state index in [1.807, 2.05) is 18.7 Å². The Morgan fingerprint density at radius 3 is 2.20 bits per heavy atom. The van der Waals surface area contributed by atoms with Crippen LogP contribution < -0.4 is 15.3 Å². The second-order valence-electron chi connectivity index (χ2n) is 6.76. The van der Waals surface area contributed by atoms with Gasteiger partial charge in [-0.15, -0.1) is 0 Å². The van der Waals surface area contributed by atoms with Crippen LogP contribution in [0.1, 0.15) is 13.8 Å². The summed E-state index contributed by atoms with van der Waals surface area (Å²) in [6, 6.07) is 8.50. The van der Waals surface area contributed by atoms with Gasteiger partial charge in [0, 0.05) is 33.3 Å². The number of anilines is 2. The van der Waals surface area contributed by atoms with Gasteiger partial charge in [-0.3, -0.25) is 24.0 Å². The van der Waals surface area contributed by atoms with Crippen molar-refractivity contribution in [1.82, 2.24) is 9.13 Å². The Bertz CT molecular complexity index is 1290. The van der Waals surface area contributed by atoms with Crippen LogP contribution in [0.3, 0.4) is 0 Å². The molecule has 0 spiro atoms. The Hall–Kier alpha value is -3.34. The Labute approximate surface area is 173 Å². The number of sulfonamides is 1. The molecule has 0 fully saturated rings. The zero-order valence-electron chi connectivity index (χ0n) is 17.1. The molecule has 0 atom stereocenters. The molecule has 160 valence electrons. The predicted molar refractivity (Wildman–Crippen MR) is 116 cm³/mol. The van der Waals surface area contributed by atoms with E-state index in [1.54, 1.807) is 26.2 Å². The minimum absolute atomic E-state index is 0.241. The van der Waals surface area contributed by atoms with Gasteiger partial charge in [-0.1, -0.05) is 12.1 Å². The Kier molecular flexibility index (Phi) is 5.57. The highest BCUT2D eigenvalue weighted by Crippen LogP contribution is 2.34. The maximum Gasteiger partial charge on any atom is 0.328 e. The summed E-state index contributed by atoms with van der Waals surface area (Å²) in [5.41, 5.74) is 1.26. The van der Waals surface area contributed by atoms with Gasteiger partial charge in [0.05, 0.1) is 27.3 Å². The first-order chi connectivity index (χ1) is 14.1. The summed E-state index contributed by atoms with van der Waals surface area (Å²) in [7, 11) is -1.01. The van der Waals surface area contributed by atoms with Crippen LogP contribution in [-0.2, 0) is 24.1 Å². The van der Waals surface area contributed by atoms with Crippen molar-refractivity contribution >= 4 is 38.1 Å². The van der Waals surface area contributed by atoms with Crippen LogP contribution in [0.5, 0.6) is 0 Å². The lowest BCUT2D eigenvalue weighted by molar-refractivity contribution is -0.387. The van der Waals surface area contributed by atoms with Crippen LogP contribution in [0.4, 0.5) is 17.1 Å². The molecule has 0 saturated carbocycles. The number of rotatable bonds is 7. The molecular formula is C19H23N5O5S. The predicted octanol–water partition coefficient (Wildman–Crippen LogP) is 2.43. The number of hydrogen-bond donors (Lipinski definition) is 1. The number of imidazole rings is 1. The highest BCUT2D eigenvalue weighted by Gasteiger charge is 2.27. The SMILES string of the molecule is CCN(CC)c1cc2c(cc1NS(=O)(=O)c1ccccc1[N+](=O)[O-])n(C)c(=O)n2C. The average molecular weight is 433 g/mol. The minimum atomic E-state index is -4.26. The Morgan fingerprint density at radius 1 is 1.07 bits per heavy atom. The number of nitrogens with one attached hydrogen (secondary N) is 1. The molecule has 2 aromatic carbocycles. The Balaban J connectivity index is 2.24. The third kappa shape index (κ3) is 3.52. The quantitative estimate of drug-likeness (QED) is 0.451. The van der Waals surface area contributed by atoms with Gasteiger partial charge < -0.3 is 4.90 Å². The van der Waals surface area contributed by atoms with Crippen LogP contribution in [0.25, 0.3) is 11.0 Å². The fourth-order valence-corrected chi connectivity index (χ4v) is 4.72. The summed E-state index contributed by atoms with van der Waals surface area (Å²) in [6.07, 6.45) is 0.